The average Bonchev–Trinajstić information content (AvgIpc) is 3.15. The molecule has 0 amide bonds. The van der Waals surface area contributed by atoms with Gasteiger partial charge < -0.3 is 0 Å². The Kier molecular flexibility index (Phi) is 6.27. The van der Waals surface area contributed by atoms with Gasteiger partial charge in [-0.25, -0.2) is 0 Å². The Hall–Kier alpha value is -2.61. The summed E-state index contributed by atoms with van der Waals surface area (Å²) in [5.74, 6) is 0. The van der Waals surface area contributed by atoms with Gasteiger partial charge in [0.05, 0.1) is 0 Å². The molecule has 1 unspecified atom stereocenters. The van der Waals surface area contributed by atoms with Crippen molar-refractivity contribution in [2.24, 2.45) is 0 Å². The first-order valence-corrected chi connectivity index (χ1v) is 16.5. The quantitative estimate of drug-likeness (QED) is 0.251. The second-order valence-electron chi connectivity index (χ2n) is 9.19. The summed E-state index contributed by atoms with van der Waals surface area (Å²) in [6.07, 6.45) is 2.48. The van der Waals surface area contributed by atoms with Crippen LogP contribution in [0.5, 0.6) is 0 Å². The van der Waals surface area contributed by atoms with Crippen LogP contribution in [0.4, 0.5) is 11.4 Å². The van der Waals surface area contributed by atoms with Gasteiger partial charge in [-0.3, -0.25) is 0 Å². The van der Waals surface area contributed by atoms with Crippen molar-refractivity contribution in [3.8, 4) is 0 Å². The van der Waals surface area contributed by atoms with E-state index in [4.69, 9.17) is 0 Å². The third kappa shape index (κ3) is 3.67. The Bertz CT molecular complexity index is 1150. The molecule has 1 aliphatic heterocycles. The standard InChI is InChI=1S/C30H32BrN2P/c1-25-32(2)29-21-12-13-22-30(29)33(25)23-14-24-34(31,26-15-6-3-7-16-26,27-17-8-4-9-18-27)28-19-10-5-11-20-28/h3-13,15-22,25H,14,23-24H2,1-2H3. The first kappa shape index (κ1) is 23.1. The van der Waals surface area contributed by atoms with Crippen LogP contribution in [0.3, 0.4) is 0 Å². The predicted molar refractivity (Wildman–Crippen MR) is 155 cm³/mol. The summed E-state index contributed by atoms with van der Waals surface area (Å²) >= 11 is 4.59. The first-order valence-electron chi connectivity index (χ1n) is 12.0. The molecular formula is C30H32BrN2P. The Morgan fingerprint density at radius 2 is 1.06 bits per heavy atom. The van der Waals surface area contributed by atoms with Crippen LogP contribution in [0.25, 0.3) is 0 Å². The Balaban J connectivity index is 1.58. The zero-order valence-corrected chi connectivity index (χ0v) is 22.4. The molecule has 0 saturated carbocycles. The molecule has 174 valence electrons. The molecule has 0 saturated heterocycles. The molecule has 0 aliphatic carbocycles. The van der Waals surface area contributed by atoms with E-state index >= 15 is 0 Å². The van der Waals surface area contributed by atoms with Gasteiger partial charge in [-0.15, -0.1) is 0 Å². The van der Waals surface area contributed by atoms with E-state index in [2.05, 4.69) is 155 Å². The van der Waals surface area contributed by atoms with Crippen LogP contribution in [0.2, 0.25) is 0 Å². The van der Waals surface area contributed by atoms with Crippen LogP contribution in [0, 0.1) is 0 Å². The first-order chi connectivity index (χ1) is 16.5. The number of para-hydroxylation sites is 2. The minimum absolute atomic E-state index is 0.351. The van der Waals surface area contributed by atoms with Crippen molar-refractivity contribution in [2.75, 3.05) is 29.6 Å². The van der Waals surface area contributed by atoms with Gasteiger partial charge in [0.15, 0.2) is 0 Å². The third-order valence-corrected chi connectivity index (χ3v) is 17.5. The number of nitrogens with zero attached hydrogens (tertiary/aromatic N) is 2. The topological polar surface area (TPSA) is 6.48 Å². The molecule has 0 bridgehead atoms. The van der Waals surface area contributed by atoms with Gasteiger partial charge in [0.1, 0.15) is 0 Å². The monoisotopic (exact) mass is 530 g/mol. The van der Waals surface area contributed by atoms with Crippen molar-refractivity contribution in [3.05, 3.63) is 115 Å². The molecule has 0 fully saturated rings. The van der Waals surface area contributed by atoms with Crippen LogP contribution in [0.1, 0.15) is 13.3 Å². The third-order valence-electron chi connectivity index (χ3n) is 7.44. The molecule has 1 atom stereocenters. The fourth-order valence-corrected chi connectivity index (χ4v) is 13.2. The number of benzene rings is 4. The van der Waals surface area contributed by atoms with E-state index in [1.165, 1.54) is 27.3 Å². The van der Waals surface area contributed by atoms with Gasteiger partial charge in [-0.2, -0.15) is 0 Å². The molecule has 0 N–H and O–H groups in total. The van der Waals surface area contributed by atoms with Crippen molar-refractivity contribution in [1.29, 1.82) is 0 Å². The zero-order valence-electron chi connectivity index (χ0n) is 19.9. The summed E-state index contributed by atoms with van der Waals surface area (Å²) < 4.78 is 0. The van der Waals surface area contributed by atoms with Crippen molar-refractivity contribution in [2.45, 2.75) is 19.5 Å². The van der Waals surface area contributed by atoms with Gasteiger partial charge in [0.25, 0.3) is 0 Å². The number of halogens is 1. The number of anilines is 2. The summed E-state index contributed by atoms with van der Waals surface area (Å²) in [5, 5.41) is 1.29. The van der Waals surface area contributed by atoms with Crippen LogP contribution in [0.15, 0.2) is 115 Å². The SMILES string of the molecule is CC1N(C)c2ccccc2N1CCCP(Br)(c1ccccc1)(c1ccccc1)c1ccccc1. The van der Waals surface area contributed by atoms with E-state index < -0.39 is 5.31 Å². The number of fused-ring (bicyclic) bond motifs is 1. The fourth-order valence-electron chi connectivity index (χ4n) is 5.51. The van der Waals surface area contributed by atoms with E-state index in [-0.39, 0.29) is 0 Å². The van der Waals surface area contributed by atoms with E-state index in [0.717, 1.165) is 19.1 Å². The van der Waals surface area contributed by atoms with Crippen molar-refractivity contribution < 1.29 is 0 Å². The van der Waals surface area contributed by atoms with Gasteiger partial charge in [0.2, 0.25) is 0 Å². The molecule has 4 aromatic rings. The van der Waals surface area contributed by atoms with Crippen molar-refractivity contribution in [3.63, 3.8) is 0 Å². The van der Waals surface area contributed by atoms with Crippen LogP contribution >= 0.6 is 20.8 Å². The normalized spacial score (nSPS) is 16.7. The van der Waals surface area contributed by atoms with E-state index in [0.29, 0.717) is 6.17 Å². The molecule has 0 radical (unpaired) electrons. The summed E-state index contributed by atoms with van der Waals surface area (Å²) in [6.45, 7) is 3.32. The molecule has 0 aromatic heterocycles. The van der Waals surface area contributed by atoms with Crippen molar-refractivity contribution in [1.82, 2.24) is 0 Å². The number of hydrogen-bond acceptors (Lipinski definition) is 2. The summed E-state index contributed by atoms with van der Waals surface area (Å²) in [6, 6.07) is 42.1. The summed E-state index contributed by atoms with van der Waals surface area (Å²) in [4.78, 5) is 4.94. The molecule has 5 rings (SSSR count). The molecule has 0 spiro atoms. The van der Waals surface area contributed by atoms with E-state index in [1.807, 2.05) is 0 Å². The van der Waals surface area contributed by atoms with Crippen LogP contribution in [-0.2, 0) is 0 Å². The van der Waals surface area contributed by atoms with E-state index in [9.17, 15) is 0 Å². The fraction of sp³-hybridized carbons (Fsp3) is 0.200. The maximum atomic E-state index is 4.59. The maximum absolute atomic E-state index is 4.59. The average molecular weight is 531 g/mol. The van der Waals surface area contributed by atoms with E-state index in [1.54, 1.807) is 0 Å². The molecule has 1 heterocycles. The van der Waals surface area contributed by atoms with Gasteiger partial charge >= 0.3 is 212 Å². The number of hydrogen-bond donors (Lipinski definition) is 0. The molecule has 4 aromatic carbocycles. The molecular weight excluding hydrogens is 499 g/mol. The Labute approximate surface area is 211 Å². The predicted octanol–water partition coefficient (Wildman–Crippen LogP) is 6.52. The molecule has 2 nitrogen and oxygen atoms in total. The van der Waals surface area contributed by atoms with Crippen LogP contribution < -0.4 is 25.7 Å². The summed E-state index contributed by atoms with van der Waals surface area (Å²) in [7, 11) is 2.20. The summed E-state index contributed by atoms with van der Waals surface area (Å²) in [5.41, 5.74) is 2.66. The van der Waals surface area contributed by atoms with Gasteiger partial charge in [0, 0.05) is 0 Å². The van der Waals surface area contributed by atoms with Crippen LogP contribution in [-0.4, -0.2) is 25.9 Å². The molecule has 1 aliphatic rings. The van der Waals surface area contributed by atoms with Gasteiger partial charge in [-0.05, 0) is 0 Å². The zero-order chi connectivity index (χ0) is 23.6. The number of rotatable bonds is 7. The second kappa shape index (κ2) is 9.21. The minimum atomic E-state index is -2.87. The molecule has 4 heteroatoms. The van der Waals surface area contributed by atoms with Crippen molar-refractivity contribution >= 4 is 48.1 Å². The Morgan fingerprint density at radius 1 is 0.647 bits per heavy atom. The van der Waals surface area contributed by atoms with Gasteiger partial charge in [-0.1, -0.05) is 0 Å². The Morgan fingerprint density at radius 3 is 1.53 bits per heavy atom. The molecule has 34 heavy (non-hydrogen) atoms. The second-order valence-corrected chi connectivity index (χ2v) is 18.2.